The van der Waals surface area contributed by atoms with E-state index in [9.17, 15) is 4.79 Å². The molecule has 0 aliphatic heterocycles. The third-order valence-corrected chi connectivity index (χ3v) is 3.74. The minimum atomic E-state index is -0.204. The van der Waals surface area contributed by atoms with Gasteiger partial charge >= 0.3 is 0 Å². The molecule has 4 heteroatoms. The van der Waals surface area contributed by atoms with E-state index in [0.717, 1.165) is 24.2 Å². The fourth-order valence-corrected chi connectivity index (χ4v) is 2.31. The van der Waals surface area contributed by atoms with Crippen LogP contribution in [-0.4, -0.2) is 18.0 Å². The predicted octanol–water partition coefficient (Wildman–Crippen LogP) is 4.66. The Morgan fingerprint density at radius 1 is 1.16 bits per heavy atom. The first-order valence-corrected chi connectivity index (χ1v) is 8.62. The number of nitrogens with zero attached hydrogens (tertiary/aromatic N) is 1. The Morgan fingerprint density at radius 3 is 2.68 bits per heavy atom. The molecule has 1 aromatic carbocycles. The minimum Gasteiger partial charge on any atom is -0.497 e. The quantitative estimate of drug-likeness (QED) is 0.591. The van der Waals surface area contributed by atoms with E-state index in [1.807, 2.05) is 0 Å². The third kappa shape index (κ3) is 6.31. The fourth-order valence-electron chi connectivity index (χ4n) is 2.31. The summed E-state index contributed by atoms with van der Waals surface area (Å²) in [6.45, 7) is 2.19. The van der Waals surface area contributed by atoms with Gasteiger partial charge in [-0.1, -0.05) is 38.0 Å². The minimum absolute atomic E-state index is 0.204. The van der Waals surface area contributed by atoms with Crippen molar-refractivity contribution in [2.24, 2.45) is 0 Å². The Kier molecular flexibility index (Phi) is 7.52. The van der Waals surface area contributed by atoms with Gasteiger partial charge < -0.3 is 10.1 Å². The van der Waals surface area contributed by atoms with E-state index in [1.165, 1.54) is 19.3 Å². The first-order valence-electron chi connectivity index (χ1n) is 8.62. The molecule has 0 spiro atoms. The number of aromatic nitrogens is 1. The molecular formula is C21H24N2O2. The van der Waals surface area contributed by atoms with E-state index in [4.69, 9.17) is 4.74 Å². The molecule has 0 unspecified atom stereocenters. The standard InChI is InChI=1S/C21H24N2O2/c1-3-4-5-6-7-8-9-17-14-18(16-22-15-17)21(24)23-19-10-12-20(25-2)13-11-19/h10-16H,3-7H2,1-2H3,(H,23,24). The van der Waals surface area contributed by atoms with Gasteiger partial charge in [-0.15, -0.1) is 0 Å². The average molecular weight is 336 g/mol. The summed E-state index contributed by atoms with van der Waals surface area (Å²) in [7, 11) is 1.61. The van der Waals surface area contributed by atoms with Crippen molar-refractivity contribution in [1.82, 2.24) is 4.98 Å². The number of rotatable bonds is 7. The number of anilines is 1. The van der Waals surface area contributed by atoms with Crippen LogP contribution in [0.4, 0.5) is 5.69 Å². The third-order valence-electron chi connectivity index (χ3n) is 3.74. The van der Waals surface area contributed by atoms with Crippen LogP contribution in [0.15, 0.2) is 42.7 Å². The van der Waals surface area contributed by atoms with Crippen LogP contribution < -0.4 is 10.1 Å². The zero-order valence-corrected chi connectivity index (χ0v) is 14.8. The number of unbranched alkanes of at least 4 members (excludes halogenated alkanes) is 4. The number of hydrogen-bond acceptors (Lipinski definition) is 3. The van der Waals surface area contributed by atoms with Crippen LogP contribution in [0.1, 0.15) is 54.9 Å². The average Bonchev–Trinajstić information content (AvgIpc) is 2.65. The smallest absolute Gasteiger partial charge is 0.257 e. The number of carbonyl (C=O) groups is 1. The summed E-state index contributed by atoms with van der Waals surface area (Å²) in [4.78, 5) is 16.5. The van der Waals surface area contributed by atoms with Gasteiger partial charge in [0.1, 0.15) is 5.75 Å². The number of methoxy groups -OCH3 is 1. The summed E-state index contributed by atoms with van der Waals surface area (Å²) in [5, 5.41) is 2.84. The van der Waals surface area contributed by atoms with Crippen molar-refractivity contribution in [3.05, 3.63) is 53.9 Å². The van der Waals surface area contributed by atoms with Crippen LogP contribution >= 0.6 is 0 Å². The highest BCUT2D eigenvalue weighted by Gasteiger charge is 2.07. The number of hydrogen-bond donors (Lipinski definition) is 1. The van der Waals surface area contributed by atoms with Crippen LogP contribution in [0, 0.1) is 11.8 Å². The predicted molar refractivity (Wildman–Crippen MR) is 101 cm³/mol. The molecule has 0 atom stereocenters. The molecule has 1 amide bonds. The molecule has 1 N–H and O–H groups in total. The van der Waals surface area contributed by atoms with Crippen LogP contribution in [0.5, 0.6) is 5.75 Å². The zero-order valence-electron chi connectivity index (χ0n) is 14.8. The lowest BCUT2D eigenvalue weighted by molar-refractivity contribution is 0.102. The maximum absolute atomic E-state index is 12.3. The van der Waals surface area contributed by atoms with Gasteiger partial charge in [0.05, 0.1) is 12.7 Å². The van der Waals surface area contributed by atoms with E-state index in [2.05, 4.69) is 29.1 Å². The summed E-state index contributed by atoms with van der Waals surface area (Å²) in [6, 6.07) is 8.96. The number of amides is 1. The summed E-state index contributed by atoms with van der Waals surface area (Å²) < 4.78 is 5.10. The summed E-state index contributed by atoms with van der Waals surface area (Å²) >= 11 is 0. The van der Waals surface area contributed by atoms with Crippen molar-refractivity contribution in [2.75, 3.05) is 12.4 Å². The number of benzene rings is 1. The first-order chi connectivity index (χ1) is 12.2. The van der Waals surface area contributed by atoms with Crippen molar-refractivity contribution in [3.8, 4) is 17.6 Å². The molecule has 0 aliphatic rings. The number of carbonyl (C=O) groups excluding carboxylic acids is 1. The van der Waals surface area contributed by atoms with Crippen molar-refractivity contribution in [3.63, 3.8) is 0 Å². The van der Waals surface area contributed by atoms with Crippen molar-refractivity contribution >= 4 is 11.6 Å². The van der Waals surface area contributed by atoms with Gasteiger partial charge in [0.25, 0.3) is 5.91 Å². The summed E-state index contributed by atoms with van der Waals surface area (Å²) in [5.74, 6) is 6.78. The largest absolute Gasteiger partial charge is 0.497 e. The molecule has 1 heterocycles. The molecule has 4 nitrogen and oxygen atoms in total. The van der Waals surface area contributed by atoms with E-state index in [1.54, 1.807) is 49.8 Å². The lowest BCUT2D eigenvalue weighted by Gasteiger charge is -2.06. The molecule has 0 saturated carbocycles. The maximum Gasteiger partial charge on any atom is 0.257 e. The second kappa shape index (κ2) is 10.1. The van der Waals surface area contributed by atoms with Gasteiger partial charge in [-0.25, -0.2) is 0 Å². The van der Waals surface area contributed by atoms with Crippen LogP contribution in [0.25, 0.3) is 0 Å². The molecule has 0 aliphatic carbocycles. The summed E-state index contributed by atoms with van der Waals surface area (Å²) in [6.07, 6.45) is 8.92. The molecule has 2 aromatic rings. The number of pyridine rings is 1. The van der Waals surface area contributed by atoms with Gasteiger partial charge in [0.15, 0.2) is 0 Å². The Balaban J connectivity index is 1.95. The van der Waals surface area contributed by atoms with E-state index in [-0.39, 0.29) is 5.91 Å². The van der Waals surface area contributed by atoms with Crippen molar-refractivity contribution in [1.29, 1.82) is 0 Å². The number of ether oxygens (including phenoxy) is 1. The van der Waals surface area contributed by atoms with Gasteiger partial charge in [0, 0.05) is 30.1 Å². The molecule has 0 bridgehead atoms. The van der Waals surface area contributed by atoms with Gasteiger partial charge in [-0.05, 0) is 36.8 Å². The van der Waals surface area contributed by atoms with Crippen molar-refractivity contribution in [2.45, 2.75) is 39.0 Å². The molecule has 0 radical (unpaired) electrons. The van der Waals surface area contributed by atoms with Crippen LogP contribution in [-0.2, 0) is 0 Å². The van der Waals surface area contributed by atoms with Gasteiger partial charge in [-0.3, -0.25) is 9.78 Å². The monoisotopic (exact) mass is 336 g/mol. The zero-order chi connectivity index (χ0) is 17.9. The summed E-state index contributed by atoms with van der Waals surface area (Å²) in [5.41, 5.74) is 1.96. The molecule has 1 aromatic heterocycles. The SMILES string of the molecule is CCCCCCC#Cc1cncc(C(=O)Nc2ccc(OC)cc2)c1. The van der Waals surface area contributed by atoms with Crippen LogP contribution in [0.2, 0.25) is 0 Å². The molecule has 130 valence electrons. The topological polar surface area (TPSA) is 51.2 Å². The highest BCUT2D eigenvalue weighted by atomic mass is 16.5. The second-order valence-corrected chi connectivity index (χ2v) is 5.76. The van der Waals surface area contributed by atoms with E-state index >= 15 is 0 Å². The molecular weight excluding hydrogens is 312 g/mol. The van der Waals surface area contributed by atoms with Gasteiger partial charge in [0.2, 0.25) is 0 Å². The maximum atomic E-state index is 12.3. The molecule has 2 rings (SSSR count). The lowest BCUT2D eigenvalue weighted by Crippen LogP contribution is -2.12. The van der Waals surface area contributed by atoms with Gasteiger partial charge in [-0.2, -0.15) is 0 Å². The van der Waals surface area contributed by atoms with E-state index < -0.39 is 0 Å². The lowest BCUT2D eigenvalue weighted by atomic mass is 10.1. The number of nitrogens with one attached hydrogen (secondary N) is 1. The molecule has 0 fully saturated rings. The highest BCUT2D eigenvalue weighted by molar-refractivity contribution is 6.04. The van der Waals surface area contributed by atoms with Crippen LogP contribution in [0.3, 0.4) is 0 Å². The first kappa shape index (κ1) is 18.5. The normalized spacial score (nSPS) is 9.84. The fraction of sp³-hybridized carbons (Fsp3) is 0.333. The molecule has 0 saturated heterocycles. The Labute approximate surface area is 149 Å². The molecule has 25 heavy (non-hydrogen) atoms. The second-order valence-electron chi connectivity index (χ2n) is 5.76. The Bertz CT molecular complexity index is 742. The van der Waals surface area contributed by atoms with Crippen molar-refractivity contribution < 1.29 is 9.53 Å². The highest BCUT2D eigenvalue weighted by Crippen LogP contribution is 2.16. The Morgan fingerprint density at radius 2 is 1.96 bits per heavy atom. The van der Waals surface area contributed by atoms with E-state index in [0.29, 0.717) is 11.3 Å². The Hall–Kier alpha value is -2.80.